The van der Waals surface area contributed by atoms with E-state index in [1.165, 1.54) is 0 Å². The molecule has 2 aromatic rings. The SMILES string of the molecule is Clc1ccc(Cn2cc(I)cn2)cc1Cl. The average Bonchev–Trinajstić information content (AvgIpc) is 2.58. The molecule has 5 heteroatoms. The molecular weight excluding hydrogens is 346 g/mol. The Kier molecular flexibility index (Phi) is 3.53. The monoisotopic (exact) mass is 352 g/mol. The molecule has 1 heterocycles. The molecule has 0 saturated carbocycles. The van der Waals surface area contributed by atoms with Crippen molar-refractivity contribution in [3.05, 3.63) is 49.8 Å². The summed E-state index contributed by atoms with van der Waals surface area (Å²) in [5.74, 6) is 0. The molecule has 0 aliphatic carbocycles. The van der Waals surface area contributed by atoms with Crippen LogP contribution in [0.5, 0.6) is 0 Å². The highest BCUT2D eigenvalue weighted by atomic mass is 127. The molecule has 1 aromatic heterocycles. The van der Waals surface area contributed by atoms with E-state index in [0.29, 0.717) is 16.6 Å². The molecule has 0 amide bonds. The predicted molar refractivity (Wildman–Crippen MR) is 70.5 cm³/mol. The second kappa shape index (κ2) is 4.72. The zero-order valence-corrected chi connectivity index (χ0v) is 11.3. The van der Waals surface area contributed by atoms with Gasteiger partial charge in [-0.25, -0.2) is 0 Å². The maximum atomic E-state index is 5.92. The first-order chi connectivity index (χ1) is 7.15. The third-order valence-corrected chi connectivity index (χ3v) is 3.23. The van der Waals surface area contributed by atoms with E-state index in [1.54, 1.807) is 6.07 Å². The number of halogens is 3. The largest absolute Gasteiger partial charge is 0.267 e. The Hall–Kier alpha value is -0.260. The summed E-state index contributed by atoms with van der Waals surface area (Å²) in [6, 6.07) is 5.61. The van der Waals surface area contributed by atoms with Crippen LogP contribution in [0, 0.1) is 3.57 Å². The zero-order chi connectivity index (χ0) is 10.8. The first-order valence-corrected chi connectivity index (χ1v) is 6.10. The van der Waals surface area contributed by atoms with E-state index >= 15 is 0 Å². The van der Waals surface area contributed by atoms with Crippen LogP contribution in [0.4, 0.5) is 0 Å². The van der Waals surface area contributed by atoms with Crippen molar-refractivity contribution >= 4 is 45.8 Å². The van der Waals surface area contributed by atoms with Crippen LogP contribution in [-0.2, 0) is 6.54 Å². The molecule has 1 aromatic carbocycles. The summed E-state index contributed by atoms with van der Waals surface area (Å²) in [6.45, 7) is 0.708. The maximum absolute atomic E-state index is 5.92. The van der Waals surface area contributed by atoms with Crippen LogP contribution in [0.1, 0.15) is 5.56 Å². The topological polar surface area (TPSA) is 17.8 Å². The lowest BCUT2D eigenvalue weighted by molar-refractivity contribution is 0.686. The van der Waals surface area contributed by atoms with Crippen molar-refractivity contribution in [2.45, 2.75) is 6.54 Å². The van der Waals surface area contributed by atoms with Crippen LogP contribution in [0.3, 0.4) is 0 Å². The van der Waals surface area contributed by atoms with E-state index in [1.807, 2.05) is 29.2 Å². The summed E-state index contributed by atoms with van der Waals surface area (Å²) in [6.07, 6.45) is 3.79. The number of rotatable bonds is 2. The van der Waals surface area contributed by atoms with Crippen molar-refractivity contribution in [1.29, 1.82) is 0 Å². The fourth-order valence-corrected chi connectivity index (χ4v) is 2.02. The van der Waals surface area contributed by atoms with Gasteiger partial charge in [-0.3, -0.25) is 4.68 Å². The van der Waals surface area contributed by atoms with Gasteiger partial charge >= 0.3 is 0 Å². The molecule has 0 aliphatic heterocycles. The van der Waals surface area contributed by atoms with Crippen molar-refractivity contribution in [2.24, 2.45) is 0 Å². The zero-order valence-electron chi connectivity index (χ0n) is 7.62. The highest BCUT2D eigenvalue weighted by Crippen LogP contribution is 2.22. The van der Waals surface area contributed by atoms with Gasteiger partial charge in [0, 0.05) is 6.20 Å². The molecule has 0 N–H and O–H groups in total. The Morgan fingerprint density at radius 2 is 2.07 bits per heavy atom. The van der Waals surface area contributed by atoms with Gasteiger partial charge in [-0.05, 0) is 40.3 Å². The lowest BCUT2D eigenvalue weighted by Gasteiger charge is -2.03. The molecule has 2 nitrogen and oxygen atoms in total. The minimum absolute atomic E-state index is 0.579. The smallest absolute Gasteiger partial charge is 0.0660 e. The summed E-state index contributed by atoms with van der Waals surface area (Å²) in [5.41, 5.74) is 1.09. The fourth-order valence-electron chi connectivity index (χ4n) is 1.25. The summed E-state index contributed by atoms with van der Waals surface area (Å²) < 4.78 is 2.98. The van der Waals surface area contributed by atoms with Gasteiger partial charge in [0.05, 0.1) is 26.4 Å². The van der Waals surface area contributed by atoms with Gasteiger partial charge in [0.1, 0.15) is 0 Å². The highest BCUT2D eigenvalue weighted by molar-refractivity contribution is 14.1. The van der Waals surface area contributed by atoms with Crippen molar-refractivity contribution in [3.63, 3.8) is 0 Å². The highest BCUT2D eigenvalue weighted by Gasteiger charge is 2.01. The fraction of sp³-hybridized carbons (Fsp3) is 0.100. The molecule has 78 valence electrons. The predicted octanol–water partition coefficient (Wildman–Crippen LogP) is 3.84. The van der Waals surface area contributed by atoms with Gasteiger partial charge in [0.25, 0.3) is 0 Å². The Morgan fingerprint density at radius 1 is 1.27 bits per heavy atom. The Labute approximate surface area is 111 Å². The maximum Gasteiger partial charge on any atom is 0.0660 e. The first kappa shape index (κ1) is 11.2. The number of hydrogen-bond donors (Lipinski definition) is 0. The molecule has 0 atom stereocenters. The van der Waals surface area contributed by atoms with E-state index in [4.69, 9.17) is 23.2 Å². The molecule has 0 radical (unpaired) electrons. The summed E-state index contributed by atoms with van der Waals surface area (Å²) >= 11 is 14.0. The van der Waals surface area contributed by atoms with E-state index in [2.05, 4.69) is 27.7 Å². The minimum Gasteiger partial charge on any atom is -0.267 e. The van der Waals surface area contributed by atoms with E-state index < -0.39 is 0 Å². The summed E-state index contributed by atoms with van der Waals surface area (Å²) in [5, 5.41) is 5.36. The van der Waals surface area contributed by atoms with Crippen LogP contribution in [0.15, 0.2) is 30.6 Å². The first-order valence-electron chi connectivity index (χ1n) is 4.27. The van der Waals surface area contributed by atoms with Crippen molar-refractivity contribution < 1.29 is 0 Å². The molecule has 0 saturated heterocycles. The second-order valence-electron chi connectivity index (χ2n) is 3.10. The normalized spacial score (nSPS) is 10.6. The molecule has 15 heavy (non-hydrogen) atoms. The average molecular weight is 353 g/mol. The number of nitrogens with zero attached hydrogens (tertiary/aromatic N) is 2. The van der Waals surface area contributed by atoms with Crippen LogP contribution in [0.25, 0.3) is 0 Å². The standard InChI is InChI=1S/C10H7Cl2IN2/c11-9-2-1-7(3-10(9)12)5-15-6-8(13)4-14-15/h1-4,6H,5H2. The van der Waals surface area contributed by atoms with Crippen LogP contribution in [-0.4, -0.2) is 9.78 Å². The third-order valence-electron chi connectivity index (χ3n) is 1.93. The van der Waals surface area contributed by atoms with E-state index in [9.17, 15) is 0 Å². The van der Waals surface area contributed by atoms with Gasteiger partial charge in [-0.15, -0.1) is 0 Å². The number of benzene rings is 1. The Bertz CT molecular complexity index is 482. The van der Waals surface area contributed by atoms with Crippen LogP contribution >= 0.6 is 45.8 Å². The minimum atomic E-state index is 0.579. The van der Waals surface area contributed by atoms with E-state index in [0.717, 1.165) is 9.13 Å². The van der Waals surface area contributed by atoms with E-state index in [-0.39, 0.29) is 0 Å². The lowest BCUT2D eigenvalue weighted by atomic mass is 10.2. The molecule has 0 bridgehead atoms. The van der Waals surface area contributed by atoms with Crippen LogP contribution in [0.2, 0.25) is 10.0 Å². The van der Waals surface area contributed by atoms with Gasteiger partial charge in [-0.2, -0.15) is 5.10 Å². The van der Waals surface area contributed by atoms with Gasteiger partial charge in [-0.1, -0.05) is 29.3 Å². The number of hydrogen-bond acceptors (Lipinski definition) is 1. The quantitative estimate of drug-likeness (QED) is 0.751. The second-order valence-corrected chi connectivity index (χ2v) is 5.16. The molecule has 0 aliphatic rings. The van der Waals surface area contributed by atoms with Crippen molar-refractivity contribution in [1.82, 2.24) is 9.78 Å². The lowest BCUT2D eigenvalue weighted by Crippen LogP contribution is -1.99. The third kappa shape index (κ3) is 2.86. The van der Waals surface area contributed by atoms with Crippen LogP contribution < -0.4 is 0 Å². The van der Waals surface area contributed by atoms with Gasteiger partial charge < -0.3 is 0 Å². The van der Waals surface area contributed by atoms with Crippen molar-refractivity contribution in [2.75, 3.05) is 0 Å². The Morgan fingerprint density at radius 3 is 2.67 bits per heavy atom. The van der Waals surface area contributed by atoms with Gasteiger partial charge in [0.15, 0.2) is 0 Å². The van der Waals surface area contributed by atoms with Crippen molar-refractivity contribution in [3.8, 4) is 0 Å². The van der Waals surface area contributed by atoms with Gasteiger partial charge in [0.2, 0.25) is 0 Å². The Balaban J connectivity index is 2.21. The summed E-state index contributed by atoms with van der Waals surface area (Å²) in [4.78, 5) is 0. The molecule has 0 fully saturated rings. The molecular formula is C10H7Cl2IN2. The number of aromatic nitrogens is 2. The molecule has 0 unspecified atom stereocenters. The summed E-state index contributed by atoms with van der Waals surface area (Å²) in [7, 11) is 0. The molecule has 2 rings (SSSR count). The molecule has 0 spiro atoms.